The van der Waals surface area contributed by atoms with E-state index in [1.165, 1.54) is 135 Å². The zero-order chi connectivity index (χ0) is 52.9. The van der Waals surface area contributed by atoms with Gasteiger partial charge in [0.05, 0.1) is 0 Å². The summed E-state index contributed by atoms with van der Waals surface area (Å²) in [7, 11) is 0. The predicted molar refractivity (Wildman–Crippen MR) is 316 cm³/mol. The lowest BCUT2D eigenvalue weighted by molar-refractivity contribution is -0.167. The summed E-state index contributed by atoms with van der Waals surface area (Å²) in [5.74, 6) is -0.891. The summed E-state index contributed by atoms with van der Waals surface area (Å²) < 4.78 is 16.9. The van der Waals surface area contributed by atoms with Crippen molar-refractivity contribution in [1.29, 1.82) is 0 Å². The largest absolute Gasteiger partial charge is 0.462 e. The summed E-state index contributed by atoms with van der Waals surface area (Å²) in [6.07, 6.45) is 81.2. The first-order chi connectivity index (χ1) is 36.0. The lowest BCUT2D eigenvalue weighted by Gasteiger charge is -2.18. The number of hydrogen-bond donors (Lipinski definition) is 0. The van der Waals surface area contributed by atoms with Crippen molar-refractivity contribution < 1.29 is 28.6 Å². The molecule has 418 valence electrons. The maximum Gasteiger partial charge on any atom is 0.306 e. The van der Waals surface area contributed by atoms with Crippen LogP contribution in [0.5, 0.6) is 0 Å². The summed E-state index contributed by atoms with van der Waals surface area (Å²) in [5, 5.41) is 0. The van der Waals surface area contributed by atoms with Crippen molar-refractivity contribution in [3.05, 3.63) is 97.2 Å². The molecule has 0 rings (SSSR count). The second-order valence-corrected chi connectivity index (χ2v) is 20.2. The van der Waals surface area contributed by atoms with Crippen LogP contribution >= 0.6 is 0 Å². The van der Waals surface area contributed by atoms with E-state index in [4.69, 9.17) is 14.2 Å². The smallest absolute Gasteiger partial charge is 0.306 e. The molecule has 6 heteroatoms. The summed E-state index contributed by atoms with van der Waals surface area (Å²) in [5.41, 5.74) is 0. The fourth-order valence-electron chi connectivity index (χ4n) is 8.48. The Morgan fingerprint density at radius 3 is 0.863 bits per heavy atom. The van der Waals surface area contributed by atoms with E-state index in [1.807, 2.05) is 0 Å². The fraction of sp³-hybridized carbons (Fsp3) is 0.716. The molecule has 0 saturated heterocycles. The summed E-state index contributed by atoms with van der Waals surface area (Å²) in [6.45, 7) is 6.50. The van der Waals surface area contributed by atoms with Gasteiger partial charge in [0.25, 0.3) is 0 Å². The number of carbonyl (C=O) groups is 3. The van der Waals surface area contributed by atoms with Crippen LogP contribution in [0.3, 0.4) is 0 Å². The molecular formula is C67H114O6. The number of allylic oxidation sites excluding steroid dienone is 16. The van der Waals surface area contributed by atoms with Crippen LogP contribution < -0.4 is 0 Å². The fourth-order valence-corrected chi connectivity index (χ4v) is 8.48. The summed E-state index contributed by atoms with van der Waals surface area (Å²) >= 11 is 0. The van der Waals surface area contributed by atoms with Gasteiger partial charge >= 0.3 is 17.9 Å². The van der Waals surface area contributed by atoms with Crippen molar-refractivity contribution in [3.63, 3.8) is 0 Å². The molecule has 0 amide bonds. The standard InChI is InChI=1S/C67H114O6/c1-4-7-10-13-16-19-22-24-26-28-29-30-31-32-33-34-35-36-37-39-40-42-45-48-51-54-57-60-66(69)72-63-64(62-71-65(68)59-56-53-50-47-44-21-18-15-12-9-6-3)73-67(70)61-58-55-52-49-46-43-41-38-27-25-23-20-17-14-11-8-5-2/h7,10,16-17,19-20,24-27,29-30,32-33,35-36,64H,4-6,8-9,11-15,18,21-23,28,31,34,37-63H2,1-3H3/b10-7-,19-16-,20-17-,26-24-,27-25-,30-29-,33-32-,36-35-. The monoisotopic (exact) mass is 1010 g/mol. The average molecular weight is 1020 g/mol. The van der Waals surface area contributed by atoms with E-state index in [0.717, 1.165) is 116 Å². The molecule has 0 aromatic rings. The van der Waals surface area contributed by atoms with Gasteiger partial charge in [-0.1, -0.05) is 266 Å². The Morgan fingerprint density at radius 2 is 0.534 bits per heavy atom. The number of esters is 3. The molecule has 73 heavy (non-hydrogen) atoms. The van der Waals surface area contributed by atoms with Gasteiger partial charge in [0.15, 0.2) is 6.10 Å². The van der Waals surface area contributed by atoms with Crippen LogP contribution in [-0.2, 0) is 28.6 Å². The first kappa shape index (κ1) is 69.3. The molecule has 1 atom stereocenters. The van der Waals surface area contributed by atoms with Gasteiger partial charge in [0, 0.05) is 19.3 Å². The van der Waals surface area contributed by atoms with Gasteiger partial charge in [-0.15, -0.1) is 0 Å². The topological polar surface area (TPSA) is 78.9 Å². The number of unbranched alkanes of at least 4 members (excludes halogenated alkanes) is 28. The molecule has 0 aromatic carbocycles. The van der Waals surface area contributed by atoms with E-state index in [2.05, 4.69) is 118 Å². The van der Waals surface area contributed by atoms with Crippen molar-refractivity contribution in [2.24, 2.45) is 0 Å². The van der Waals surface area contributed by atoms with Crippen LogP contribution in [0.25, 0.3) is 0 Å². The summed E-state index contributed by atoms with van der Waals surface area (Å²) in [6, 6.07) is 0. The second kappa shape index (κ2) is 60.9. The van der Waals surface area contributed by atoms with Gasteiger partial charge in [-0.3, -0.25) is 14.4 Å². The van der Waals surface area contributed by atoms with Gasteiger partial charge in [-0.2, -0.15) is 0 Å². The first-order valence-corrected chi connectivity index (χ1v) is 30.7. The zero-order valence-electron chi connectivity index (χ0n) is 47.9. The van der Waals surface area contributed by atoms with Crippen molar-refractivity contribution in [1.82, 2.24) is 0 Å². The molecule has 1 unspecified atom stereocenters. The third-order valence-electron chi connectivity index (χ3n) is 13.1. The highest BCUT2D eigenvalue weighted by Gasteiger charge is 2.19. The number of carbonyl (C=O) groups excluding carboxylic acids is 3. The maximum absolute atomic E-state index is 12.9. The number of ether oxygens (including phenoxy) is 3. The minimum Gasteiger partial charge on any atom is -0.462 e. The molecule has 0 aromatic heterocycles. The van der Waals surface area contributed by atoms with Crippen molar-refractivity contribution in [2.75, 3.05) is 13.2 Å². The van der Waals surface area contributed by atoms with E-state index in [0.29, 0.717) is 19.3 Å². The lowest BCUT2D eigenvalue weighted by atomic mass is 10.1. The molecule has 0 heterocycles. The molecule has 0 aliphatic heterocycles. The van der Waals surface area contributed by atoms with Gasteiger partial charge in [0.2, 0.25) is 0 Å². The Hall–Kier alpha value is -3.67. The van der Waals surface area contributed by atoms with Crippen molar-refractivity contribution in [3.8, 4) is 0 Å². The molecule has 0 bridgehead atoms. The predicted octanol–water partition coefficient (Wildman–Crippen LogP) is 20.9. The van der Waals surface area contributed by atoms with Gasteiger partial charge in [0.1, 0.15) is 13.2 Å². The van der Waals surface area contributed by atoms with Gasteiger partial charge in [-0.05, 0) is 103 Å². The molecule has 0 fully saturated rings. The third-order valence-corrected chi connectivity index (χ3v) is 13.1. The summed E-state index contributed by atoms with van der Waals surface area (Å²) in [4.78, 5) is 38.2. The van der Waals surface area contributed by atoms with Gasteiger partial charge in [-0.25, -0.2) is 0 Å². The van der Waals surface area contributed by atoms with Crippen LogP contribution in [0.2, 0.25) is 0 Å². The molecular weight excluding hydrogens is 901 g/mol. The van der Waals surface area contributed by atoms with Crippen molar-refractivity contribution in [2.45, 2.75) is 297 Å². The molecule has 0 saturated carbocycles. The Labute approximate surface area is 451 Å². The Balaban J connectivity index is 4.30. The molecule has 0 aliphatic rings. The number of hydrogen-bond acceptors (Lipinski definition) is 6. The number of rotatable bonds is 55. The molecule has 0 N–H and O–H groups in total. The normalized spacial score (nSPS) is 12.8. The van der Waals surface area contributed by atoms with Crippen molar-refractivity contribution >= 4 is 17.9 Å². The molecule has 0 radical (unpaired) electrons. The van der Waals surface area contributed by atoms with E-state index in [-0.39, 0.29) is 31.1 Å². The van der Waals surface area contributed by atoms with Gasteiger partial charge < -0.3 is 14.2 Å². The van der Waals surface area contributed by atoms with Crippen LogP contribution in [0.15, 0.2) is 97.2 Å². The minimum atomic E-state index is -0.784. The highest BCUT2D eigenvalue weighted by molar-refractivity contribution is 5.71. The third kappa shape index (κ3) is 59.1. The Morgan fingerprint density at radius 1 is 0.288 bits per heavy atom. The van der Waals surface area contributed by atoms with E-state index >= 15 is 0 Å². The van der Waals surface area contributed by atoms with Crippen LogP contribution in [0, 0.1) is 0 Å². The second-order valence-electron chi connectivity index (χ2n) is 20.2. The van der Waals surface area contributed by atoms with E-state index in [1.54, 1.807) is 0 Å². The quantitative estimate of drug-likeness (QED) is 0.0261. The maximum atomic E-state index is 12.9. The van der Waals surface area contributed by atoms with Crippen LogP contribution in [0.4, 0.5) is 0 Å². The zero-order valence-corrected chi connectivity index (χ0v) is 47.9. The molecule has 0 spiro atoms. The minimum absolute atomic E-state index is 0.0811. The van der Waals surface area contributed by atoms with Crippen LogP contribution in [0.1, 0.15) is 290 Å². The average Bonchev–Trinajstić information content (AvgIpc) is 3.39. The van der Waals surface area contributed by atoms with Crippen LogP contribution in [-0.4, -0.2) is 37.2 Å². The highest BCUT2D eigenvalue weighted by atomic mass is 16.6. The van der Waals surface area contributed by atoms with E-state index < -0.39 is 6.10 Å². The lowest BCUT2D eigenvalue weighted by Crippen LogP contribution is -2.30. The highest BCUT2D eigenvalue weighted by Crippen LogP contribution is 2.15. The van der Waals surface area contributed by atoms with E-state index in [9.17, 15) is 14.4 Å². The SMILES string of the molecule is CC/C=C\C/C=C\C/C=C\C/C=C\C/C=C\C/C=C\CCCCCCCCCCC(=O)OCC(COC(=O)CCCCCCCCCCCCC)OC(=O)CCCCCCCCC/C=C\C/C=C\CCCCC. The Kier molecular flexibility index (Phi) is 57.8. The Bertz CT molecular complexity index is 1440. The first-order valence-electron chi connectivity index (χ1n) is 30.7. The molecule has 0 aliphatic carbocycles. The molecule has 6 nitrogen and oxygen atoms in total.